The van der Waals surface area contributed by atoms with Crippen molar-refractivity contribution in [2.24, 2.45) is 5.92 Å². The Morgan fingerprint density at radius 2 is 2.11 bits per heavy atom. The second kappa shape index (κ2) is 7.65. The van der Waals surface area contributed by atoms with Gasteiger partial charge in [0.05, 0.1) is 12.7 Å². The Bertz CT molecular complexity index is 934. The molecule has 7 nitrogen and oxygen atoms in total. The number of nitrogens with one attached hydrogen (secondary N) is 2. The summed E-state index contributed by atoms with van der Waals surface area (Å²) in [4.78, 5) is 17.3. The molecule has 1 unspecified atom stereocenters. The maximum atomic E-state index is 12.2. The number of H-pyrrole nitrogens is 1. The Morgan fingerprint density at radius 3 is 2.81 bits per heavy atom. The number of aromatic amines is 1. The zero-order valence-electron chi connectivity index (χ0n) is 15.3. The van der Waals surface area contributed by atoms with Gasteiger partial charge >= 0.3 is 0 Å². The van der Waals surface area contributed by atoms with E-state index in [2.05, 4.69) is 44.5 Å². The third-order valence-electron chi connectivity index (χ3n) is 4.84. The molecule has 0 amide bonds. The smallest absolute Gasteiger partial charge is 0.274 e. The van der Waals surface area contributed by atoms with Crippen LogP contribution in [0.5, 0.6) is 0 Å². The van der Waals surface area contributed by atoms with Crippen LogP contribution in [-0.4, -0.2) is 28.3 Å². The summed E-state index contributed by atoms with van der Waals surface area (Å²) in [6.07, 6.45) is 4.43. The quantitative estimate of drug-likeness (QED) is 0.721. The molecule has 7 heteroatoms. The molecule has 0 spiro atoms. The van der Waals surface area contributed by atoms with Crippen LogP contribution >= 0.6 is 0 Å². The Morgan fingerprint density at radius 1 is 1.26 bits per heavy atom. The molecule has 2 N–H and O–H groups in total. The summed E-state index contributed by atoms with van der Waals surface area (Å²) in [5, 5.41) is 11.2. The van der Waals surface area contributed by atoms with Gasteiger partial charge in [-0.2, -0.15) is 0 Å². The van der Waals surface area contributed by atoms with Crippen molar-refractivity contribution in [2.75, 3.05) is 23.3 Å². The van der Waals surface area contributed by atoms with Gasteiger partial charge in [0.1, 0.15) is 11.5 Å². The fourth-order valence-electron chi connectivity index (χ4n) is 3.43. The number of benzene rings is 1. The minimum absolute atomic E-state index is 0.275. The van der Waals surface area contributed by atoms with Crippen LogP contribution in [0.3, 0.4) is 0 Å². The Labute approximate surface area is 157 Å². The van der Waals surface area contributed by atoms with Gasteiger partial charge in [-0.25, -0.2) is 0 Å². The van der Waals surface area contributed by atoms with Crippen LogP contribution in [-0.2, 0) is 6.42 Å². The number of aromatic nitrogens is 3. The highest BCUT2D eigenvalue weighted by molar-refractivity contribution is 5.59. The van der Waals surface area contributed by atoms with Gasteiger partial charge in [0.15, 0.2) is 0 Å². The topological polar surface area (TPSA) is 87.0 Å². The Kier molecular flexibility index (Phi) is 4.91. The van der Waals surface area contributed by atoms with Crippen molar-refractivity contribution in [3.8, 4) is 0 Å². The summed E-state index contributed by atoms with van der Waals surface area (Å²) in [7, 11) is 0. The lowest BCUT2D eigenvalue weighted by atomic mass is 10.00. The highest BCUT2D eigenvalue weighted by atomic mass is 16.3. The van der Waals surface area contributed by atoms with Crippen molar-refractivity contribution >= 4 is 17.3 Å². The number of anilines is 3. The van der Waals surface area contributed by atoms with Crippen LogP contribution in [0, 0.1) is 5.92 Å². The van der Waals surface area contributed by atoms with E-state index in [1.807, 2.05) is 12.1 Å². The van der Waals surface area contributed by atoms with Crippen molar-refractivity contribution in [3.05, 3.63) is 64.5 Å². The molecule has 2 aromatic heterocycles. The van der Waals surface area contributed by atoms with Crippen molar-refractivity contribution in [1.29, 1.82) is 0 Å². The first-order valence-corrected chi connectivity index (χ1v) is 9.27. The van der Waals surface area contributed by atoms with Gasteiger partial charge in [-0.15, -0.1) is 10.2 Å². The van der Waals surface area contributed by atoms with Gasteiger partial charge in [0.25, 0.3) is 5.56 Å². The van der Waals surface area contributed by atoms with E-state index in [0.29, 0.717) is 23.8 Å². The maximum absolute atomic E-state index is 12.2. The van der Waals surface area contributed by atoms with Crippen molar-refractivity contribution in [1.82, 2.24) is 15.2 Å². The number of piperidine rings is 1. The van der Waals surface area contributed by atoms with E-state index in [0.717, 1.165) is 24.7 Å². The highest BCUT2D eigenvalue weighted by Crippen LogP contribution is 2.24. The summed E-state index contributed by atoms with van der Waals surface area (Å²) in [5.74, 6) is 1.73. The van der Waals surface area contributed by atoms with Gasteiger partial charge in [-0.3, -0.25) is 9.78 Å². The fraction of sp³-hybridized carbons (Fsp3) is 0.350. The number of hydrogen-bond donors (Lipinski definition) is 2. The molecule has 0 aliphatic carbocycles. The Hall–Kier alpha value is -3.09. The number of furan rings is 1. The standard InChI is InChI=1S/C20H23N5O2/c1-14-4-2-10-25(13-14)16-8-6-15(7-9-16)21-20-22-19(26)18(23-24-20)12-17-5-3-11-27-17/h3,5-9,11,14H,2,4,10,12-13H2,1H3,(H2,21,22,24,26). The highest BCUT2D eigenvalue weighted by Gasteiger charge is 2.16. The van der Waals surface area contributed by atoms with Crippen LogP contribution in [0.4, 0.5) is 17.3 Å². The zero-order valence-corrected chi connectivity index (χ0v) is 15.3. The van der Waals surface area contributed by atoms with Crippen LogP contribution in [0.15, 0.2) is 51.9 Å². The monoisotopic (exact) mass is 365 g/mol. The molecular weight excluding hydrogens is 342 g/mol. The normalized spacial score (nSPS) is 17.1. The molecular formula is C20H23N5O2. The number of rotatable bonds is 5. The van der Waals surface area contributed by atoms with E-state index < -0.39 is 0 Å². The molecule has 0 bridgehead atoms. The molecule has 27 heavy (non-hydrogen) atoms. The van der Waals surface area contributed by atoms with Gasteiger partial charge < -0.3 is 14.6 Å². The average molecular weight is 365 g/mol. The molecule has 1 aliphatic heterocycles. The minimum Gasteiger partial charge on any atom is -0.469 e. The summed E-state index contributed by atoms with van der Waals surface area (Å²) >= 11 is 0. The van der Waals surface area contributed by atoms with Crippen LogP contribution < -0.4 is 15.8 Å². The first kappa shape index (κ1) is 17.3. The molecule has 1 atom stereocenters. The van der Waals surface area contributed by atoms with Crippen molar-refractivity contribution < 1.29 is 4.42 Å². The predicted molar refractivity (Wildman–Crippen MR) is 105 cm³/mol. The lowest BCUT2D eigenvalue weighted by Crippen LogP contribution is -2.34. The SMILES string of the molecule is CC1CCCN(c2ccc(Nc3nnc(Cc4ccco4)c(=O)[nH]3)cc2)C1. The number of hydrogen-bond acceptors (Lipinski definition) is 6. The van der Waals surface area contributed by atoms with E-state index >= 15 is 0 Å². The first-order chi connectivity index (χ1) is 13.2. The summed E-state index contributed by atoms with van der Waals surface area (Å²) in [5.41, 5.74) is 2.13. The van der Waals surface area contributed by atoms with Crippen molar-refractivity contribution in [3.63, 3.8) is 0 Å². The molecule has 1 aliphatic rings. The van der Waals surface area contributed by atoms with Crippen LogP contribution in [0.25, 0.3) is 0 Å². The fourth-order valence-corrected chi connectivity index (χ4v) is 3.43. The summed E-state index contributed by atoms with van der Waals surface area (Å²) in [6, 6.07) is 11.8. The minimum atomic E-state index is -0.275. The maximum Gasteiger partial charge on any atom is 0.274 e. The third-order valence-corrected chi connectivity index (χ3v) is 4.84. The van der Waals surface area contributed by atoms with E-state index in [4.69, 9.17) is 4.42 Å². The van der Waals surface area contributed by atoms with Crippen LogP contribution in [0.1, 0.15) is 31.2 Å². The predicted octanol–water partition coefficient (Wildman–Crippen LogP) is 3.33. The van der Waals surface area contributed by atoms with Gasteiger partial charge in [0, 0.05) is 24.5 Å². The van der Waals surface area contributed by atoms with Gasteiger partial charge in [0.2, 0.25) is 5.95 Å². The van der Waals surface area contributed by atoms with Crippen LogP contribution in [0.2, 0.25) is 0 Å². The molecule has 4 rings (SSSR count). The summed E-state index contributed by atoms with van der Waals surface area (Å²) in [6.45, 7) is 4.50. The molecule has 3 aromatic rings. The van der Waals surface area contributed by atoms with Gasteiger partial charge in [-0.05, 0) is 55.2 Å². The largest absolute Gasteiger partial charge is 0.469 e. The lowest BCUT2D eigenvalue weighted by molar-refractivity contribution is 0.447. The van der Waals surface area contributed by atoms with Crippen molar-refractivity contribution in [2.45, 2.75) is 26.2 Å². The zero-order chi connectivity index (χ0) is 18.6. The van der Waals surface area contributed by atoms with E-state index in [1.54, 1.807) is 18.4 Å². The second-order valence-electron chi connectivity index (χ2n) is 7.07. The molecule has 1 fully saturated rings. The van der Waals surface area contributed by atoms with E-state index in [-0.39, 0.29) is 5.56 Å². The molecule has 3 heterocycles. The lowest BCUT2D eigenvalue weighted by Gasteiger charge is -2.32. The number of nitrogens with zero attached hydrogens (tertiary/aromatic N) is 3. The average Bonchev–Trinajstić information content (AvgIpc) is 3.18. The third kappa shape index (κ3) is 4.19. The van der Waals surface area contributed by atoms with Gasteiger partial charge in [-0.1, -0.05) is 6.92 Å². The molecule has 1 saturated heterocycles. The second-order valence-corrected chi connectivity index (χ2v) is 7.07. The molecule has 0 radical (unpaired) electrons. The molecule has 1 aromatic carbocycles. The molecule has 140 valence electrons. The molecule has 0 saturated carbocycles. The first-order valence-electron chi connectivity index (χ1n) is 9.27. The Balaban J connectivity index is 1.43. The van der Waals surface area contributed by atoms with E-state index in [9.17, 15) is 4.79 Å². The van der Waals surface area contributed by atoms with E-state index in [1.165, 1.54) is 18.5 Å². The summed E-state index contributed by atoms with van der Waals surface area (Å²) < 4.78 is 5.25.